The third-order valence-corrected chi connectivity index (χ3v) is 3.31. The van der Waals surface area contributed by atoms with Crippen LogP contribution in [0.15, 0.2) is 5.38 Å². The zero-order valence-electron chi connectivity index (χ0n) is 7.39. The minimum Gasteiger partial charge on any atom is -0.481 e. The van der Waals surface area contributed by atoms with Crippen molar-refractivity contribution in [2.75, 3.05) is 0 Å². The number of carboxylic acids is 1. The van der Waals surface area contributed by atoms with Gasteiger partial charge in [-0.2, -0.15) is 0 Å². The van der Waals surface area contributed by atoms with Crippen molar-refractivity contribution in [1.29, 1.82) is 0 Å². The lowest BCUT2D eigenvalue weighted by Crippen LogP contribution is -2.03. The van der Waals surface area contributed by atoms with Crippen LogP contribution in [0.3, 0.4) is 0 Å². The van der Waals surface area contributed by atoms with E-state index in [0.29, 0.717) is 0 Å². The molecule has 2 atom stereocenters. The summed E-state index contributed by atoms with van der Waals surface area (Å²) in [5, 5.41) is 14.7. The molecule has 1 saturated carbocycles. The quantitative estimate of drug-likeness (QED) is 0.779. The minimum atomic E-state index is -0.733. The van der Waals surface area contributed by atoms with Gasteiger partial charge in [-0.3, -0.25) is 4.79 Å². The minimum absolute atomic E-state index is 0.0451. The predicted octanol–water partition coefficient (Wildman–Crippen LogP) is 1.36. The number of aromatic nitrogens is 2. The molecule has 70 valence electrons. The van der Waals surface area contributed by atoms with Crippen molar-refractivity contribution in [3.8, 4) is 0 Å². The van der Waals surface area contributed by atoms with E-state index in [1.807, 2.05) is 19.2 Å². The molecule has 0 bridgehead atoms. The molecule has 0 amide bonds. The van der Waals surface area contributed by atoms with E-state index >= 15 is 0 Å². The number of rotatable bonds is 2. The topological polar surface area (TPSA) is 63.1 Å². The van der Waals surface area contributed by atoms with Crippen LogP contribution < -0.4 is 0 Å². The fraction of sp³-hybridized carbons (Fsp3) is 0.625. The highest BCUT2D eigenvalue weighted by atomic mass is 32.1. The Labute approximate surface area is 79.8 Å². The molecule has 2 unspecified atom stereocenters. The van der Waals surface area contributed by atoms with Crippen LogP contribution in [0.1, 0.15) is 25.5 Å². The number of carbonyl (C=O) groups is 1. The Morgan fingerprint density at radius 2 is 2.38 bits per heavy atom. The molecular weight excluding hydrogens is 188 g/mol. The molecule has 0 radical (unpaired) electrons. The number of aliphatic carboxylic acids is 1. The van der Waals surface area contributed by atoms with Gasteiger partial charge in [-0.15, -0.1) is 5.10 Å². The molecule has 1 N–H and O–H groups in total. The summed E-state index contributed by atoms with van der Waals surface area (Å²) in [6.07, 6.45) is 0. The molecule has 1 aliphatic carbocycles. The predicted molar refractivity (Wildman–Crippen MR) is 47.6 cm³/mol. The molecule has 1 fully saturated rings. The van der Waals surface area contributed by atoms with Gasteiger partial charge in [-0.05, 0) is 16.9 Å². The van der Waals surface area contributed by atoms with Crippen LogP contribution in [0.5, 0.6) is 0 Å². The first kappa shape index (κ1) is 8.62. The lowest BCUT2D eigenvalue weighted by molar-refractivity contribution is -0.139. The molecule has 1 heterocycles. The Kier molecular flexibility index (Phi) is 1.66. The summed E-state index contributed by atoms with van der Waals surface area (Å²) in [7, 11) is 0. The average Bonchev–Trinajstić information content (AvgIpc) is 2.50. The van der Waals surface area contributed by atoms with Crippen LogP contribution in [0.4, 0.5) is 0 Å². The summed E-state index contributed by atoms with van der Waals surface area (Å²) in [6, 6.07) is 0. The highest BCUT2D eigenvalue weighted by molar-refractivity contribution is 7.03. The normalized spacial score (nSPS) is 30.0. The number of hydrogen-bond donors (Lipinski definition) is 1. The zero-order valence-corrected chi connectivity index (χ0v) is 8.21. The fourth-order valence-electron chi connectivity index (χ4n) is 1.96. The molecule has 0 spiro atoms. The van der Waals surface area contributed by atoms with Gasteiger partial charge in [0.2, 0.25) is 0 Å². The van der Waals surface area contributed by atoms with Crippen LogP contribution in [-0.4, -0.2) is 20.7 Å². The summed E-state index contributed by atoms with van der Waals surface area (Å²) in [5.41, 5.74) is 0.657. The van der Waals surface area contributed by atoms with E-state index in [1.165, 1.54) is 11.5 Å². The van der Waals surface area contributed by atoms with Gasteiger partial charge in [0, 0.05) is 11.3 Å². The summed E-state index contributed by atoms with van der Waals surface area (Å²) in [6.45, 7) is 3.91. The molecule has 0 saturated heterocycles. The third kappa shape index (κ3) is 1.14. The lowest BCUT2D eigenvalue weighted by atomic mass is 10.1. The maximum atomic E-state index is 10.8. The first-order valence-corrected chi connectivity index (χ1v) is 4.88. The molecule has 1 aromatic rings. The summed E-state index contributed by atoms with van der Waals surface area (Å²) in [4.78, 5) is 10.8. The monoisotopic (exact) mass is 198 g/mol. The van der Waals surface area contributed by atoms with Gasteiger partial charge in [0.25, 0.3) is 0 Å². The second kappa shape index (κ2) is 2.51. The summed E-state index contributed by atoms with van der Waals surface area (Å²) in [5.74, 6) is -0.983. The second-order valence-corrected chi connectivity index (χ2v) is 4.55. The first-order valence-electron chi connectivity index (χ1n) is 4.05. The lowest BCUT2D eigenvalue weighted by Gasteiger charge is -1.96. The van der Waals surface area contributed by atoms with E-state index in [9.17, 15) is 4.79 Å². The van der Waals surface area contributed by atoms with Crippen LogP contribution in [0.25, 0.3) is 0 Å². The van der Waals surface area contributed by atoms with Gasteiger partial charge in [-0.1, -0.05) is 18.3 Å². The van der Waals surface area contributed by atoms with Gasteiger partial charge in [0.05, 0.1) is 11.6 Å². The Morgan fingerprint density at radius 3 is 2.77 bits per heavy atom. The van der Waals surface area contributed by atoms with Crippen LogP contribution in [0.2, 0.25) is 0 Å². The van der Waals surface area contributed by atoms with Gasteiger partial charge in [0.15, 0.2) is 0 Å². The largest absolute Gasteiger partial charge is 0.481 e. The number of nitrogens with zero attached hydrogens (tertiary/aromatic N) is 2. The Hall–Kier alpha value is -0.970. The highest BCUT2D eigenvalue weighted by Gasteiger charge is 2.63. The van der Waals surface area contributed by atoms with Crippen molar-refractivity contribution < 1.29 is 9.90 Å². The third-order valence-electron chi connectivity index (χ3n) is 2.79. The van der Waals surface area contributed by atoms with Crippen molar-refractivity contribution in [2.45, 2.75) is 19.8 Å². The Bertz CT molecular complexity index is 334. The molecular formula is C8H10N2O2S. The molecule has 2 rings (SSSR count). The maximum absolute atomic E-state index is 10.8. The molecule has 5 heteroatoms. The van der Waals surface area contributed by atoms with Crippen molar-refractivity contribution in [1.82, 2.24) is 9.59 Å². The summed E-state index contributed by atoms with van der Waals surface area (Å²) < 4.78 is 3.74. The van der Waals surface area contributed by atoms with Crippen molar-refractivity contribution in [3.63, 3.8) is 0 Å². The van der Waals surface area contributed by atoms with E-state index in [1.54, 1.807) is 0 Å². The van der Waals surface area contributed by atoms with Crippen molar-refractivity contribution >= 4 is 17.5 Å². The van der Waals surface area contributed by atoms with Gasteiger partial charge in [-0.25, -0.2) is 0 Å². The van der Waals surface area contributed by atoms with E-state index < -0.39 is 5.97 Å². The van der Waals surface area contributed by atoms with E-state index in [0.717, 1.165) is 5.69 Å². The van der Waals surface area contributed by atoms with Crippen molar-refractivity contribution in [2.24, 2.45) is 11.3 Å². The maximum Gasteiger partial charge on any atom is 0.307 e. The van der Waals surface area contributed by atoms with E-state index in [-0.39, 0.29) is 17.3 Å². The number of hydrogen-bond acceptors (Lipinski definition) is 4. The highest BCUT2D eigenvalue weighted by Crippen LogP contribution is 2.64. The summed E-state index contributed by atoms with van der Waals surface area (Å²) >= 11 is 1.27. The SMILES string of the molecule is CC1(C)C(C(=O)O)C1c1csnn1. The second-order valence-electron chi connectivity index (χ2n) is 3.94. The zero-order chi connectivity index (χ0) is 9.64. The molecule has 4 nitrogen and oxygen atoms in total. The Morgan fingerprint density at radius 1 is 1.69 bits per heavy atom. The smallest absolute Gasteiger partial charge is 0.307 e. The molecule has 13 heavy (non-hydrogen) atoms. The number of carboxylic acid groups (broad SMARTS) is 1. The standard InChI is InChI=1S/C8H10N2O2S/c1-8(2)5(6(8)7(11)12)4-3-13-10-9-4/h3,5-6H,1-2H3,(H,11,12). The van der Waals surface area contributed by atoms with Gasteiger partial charge >= 0.3 is 5.97 Å². The average molecular weight is 198 g/mol. The Balaban J connectivity index is 2.25. The fourth-order valence-corrected chi connectivity index (χ4v) is 2.45. The van der Waals surface area contributed by atoms with Crippen LogP contribution >= 0.6 is 11.5 Å². The van der Waals surface area contributed by atoms with E-state index in [2.05, 4.69) is 9.59 Å². The van der Waals surface area contributed by atoms with Crippen molar-refractivity contribution in [3.05, 3.63) is 11.1 Å². The van der Waals surface area contributed by atoms with E-state index in [4.69, 9.17) is 5.11 Å². The van der Waals surface area contributed by atoms with Crippen LogP contribution in [0, 0.1) is 11.3 Å². The van der Waals surface area contributed by atoms with Gasteiger partial charge < -0.3 is 5.11 Å². The molecule has 1 aromatic heterocycles. The molecule has 0 aliphatic heterocycles. The first-order chi connectivity index (χ1) is 6.05. The molecule has 1 aliphatic rings. The van der Waals surface area contributed by atoms with Gasteiger partial charge in [0.1, 0.15) is 0 Å². The van der Waals surface area contributed by atoms with Crippen LogP contribution in [-0.2, 0) is 4.79 Å². The molecule has 0 aromatic carbocycles.